The van der Waals surface area contributed by atoms with Crippen LogP contribution in [0.1, 0.15) is 10.4 Å². The van der Waals surface area contributed by atoms with Gasteiger partial charge in [-0.15, -0.1) is 0 Å². The molecular weight excluding hydrogens is 336 g/mol. The summed E-state index contributed by atoms with van der Waals surface area (Å²) in [5.41, 5.74) is 0.663. The molecule has 1 heterocycles. The number of carbonyl (C=O) groups is 2. The van der Waals surface area contributed by atoms with Crippen LogP contribution in [0.5, 0.6) is 11.5 Å². The van der Waals surface area contributed by atoms with E-state index in [4.69, 9.17) is 25.8 Å². The molecule has 1 aromatic carbocycles. The number of pyridine rings is 1. The van der Waals surface area contributed by atoms with E-state index < -0.39 is 18.5 Å². The van der Waals surface area contributed by atoms with Crippen LogP contribution in [-0.4, -0.2) is 37.7 Å². The van der Waals surface area contributed by atoms with Crippen molar-refractivity contribution in [3.05, 3.63) is 47.2 Å². The molecule has 126 valence electrons. The third-order valence-electron chi connectivity index (χ3n) is 2.93. The van der Waals surface area contributed by atoms with Crippen LogP contribution in [0.15, 0.2) is 36.5 Å². The molecule has 0 aliphatic heterocycles. The molecule has 0 bridgehead atoms. The Morgan fingerprint density at radius 3 is 2.33 bits per heavy atom. The molecule has 0 unspecified atom stereocenters. The van der Waals surface area contributed by atoms with Gasteiger partial charge in [0, 0.05) is 30.1 Å². The molecular formula is C16H15ClN2O5. The molecule has 0 aliphatic carbocycles. The van der Waals surface area contributed by atoms with Crippen molar-refractivity contribution in [3.63, 3.8) is 0 Å². The average Bonchev–Trinajstić information content (AvgIpc) is 2.59. The zero-order chi connectivity index (χ0) is 17.5. The Balaban J connectivity index is 1.93. The first-order valence-electron chi connectivity index (χ1n) is 6.83. The average molecular weight is 351 g/mol. The molecule has 0 radical (unpaired) electrons. The van der Waals surface area contributed by atoms with Gasteiger partial charge in [0.2, 0.25) is 0 Å². The van der Waals surface area contributed by atoms with Crippen LogP contribution in [0.4, 0.5) is 5.69 Å². The van der Waals surface area contributed by atoms with Crippen LogP contribution in [0.2, 0.25) is 5.15 Å². The number of aromatic nitrogens is 1. The van der Waals surface area contributed by atoms with E-state index in [0.717, 1.165) is 0 Å². The van der Waals surface area contributed by atoms with E-state index in [2.05, 4.69) is 10.3 Å². The van der Waals surface area contributed by atoms with Crippen molar-refractivity contribution >= 4 is 29.2 Å². The predicted octanol–water partition coefficient (Wildman–Crippen LogP) is 2.55. The van der Waals surface area contributed by atoms with Gasteiger partial charge in [-0.1, -0.05) is 11.6 Å². The lowest BCUT2D eigenvalue weighted by atomic mass is 10.2. The summed E-state index contributed by atoms with van der Waals surface area (Å²) in [5.74, 6) is -0.124. The summed E-state index contributed by atoms with van der Waals surface area (Å²) < 4.78 is 15.1. The summed E-state index contributed by atoms with van der Waals surface area (Å²) in [4.78, 5) is 27.5. The molecule has 2 rings (SSSR count). The van der Waals surface area contributed by atoms with Crippen LogP contribution in [0.25, 0.3) is 0 Å². The first-order chi connectivity index (χ1) is 11.5. The van der Waals surface area contributed by atoms with Gasteiger partial charge in [-0.05, 0) is 12.1 Å². The molecule has 0 aliphatic rings. The fourth-order valence-corrected chi connectivity index (χ4v) is 1.90. The molecule has 24 heavy (non-hydrogen) atoms. The van der Waals surface area contributed by atoms with Crippen LogP contribution < -0.4 is 14.8 Å². The smallest absolute Gasteiger partial charge is 0.340 e. The maximum absolute atomic E-state index is 11.9. The number of nitrogens with zero attached hydrogens (tertiary/aromatic N) is 1. The molecule has 1 amide bonds. The second-order valence-corrected chi connectivity index (χ2v) is 4.98. The second-order valence-electron chi connectivity index (χ2n) is 4.60. The fraction of sp³-hybridized carbons (Fsp3) is 0.188. The van der Waals surface area contributed by atoms with E-state index in [9.17, 15) is 9.59 Å². The maximum Gasteiger partial charge on any atom is 0.340 e. The highest BCUT2D eigenvalue weighted by Gasteiger charge is 2.12. The highest BCUT2D eigenvalue weighted by molar-refractivity contribution is 6.29. The van der Waals surface area contributed by atoms with Gasteiger partial charge >= 0.3 is 5.97 Å². The number of halogens is 1. The second kappa shape index (κ2) is 8.16. The van der Waals surface area contributed by atoms with Crippen LogP contribution in [-0.2, 0) is 9.53 Å². The maximum atomic E-state index is 11.9. The fourth-order valence-electron chi connectivity index (χ4n) is 1.79. The van der Waals surface area contributed by atoms with Crippen molar-refractivity contribution in [2.75, 3.05) is 26.1 Å². The Kier molecular flexibility index (Phi) is 5.97. The summed E-state index contributed by atoms with van der Waals surface area (Å²) in [6.07, 6.45) is 1.27. The monoisotopic (exact) mass is 350 g/mol. The van der Waals surface area contributed by atoms with Gasteiger partial charge in [-0.25, -0.2) is 9.78 Å². The lowest BCUT2D eigenvalue weighted by molar-refractivity contribution is -0.119. The van der Waals surface area contributed by atoms with Gasteiger partial charge < -0.3 is 19.5 Å². The Morgan fingerprint density at radius 2 is 1.79 bits per heavy atom. The molecule has 7 nitrogen and oxygen atoms in total. The van der Waals surface area contributed by atoms with Gasteiger partial charge in [-0.3, -0.25) is 4.79 Å². The van der Waals surface area contributed by atoms with Crippen LogP contribution in [0, 0.1) is 0 Å². The highest BCUT2D eigenvalue weighted by atomic mass is 35.5. The van der Waals surface area contributed by atoms with E-state index in [1.807, 2.05) is 0 Å². The number of esters is 1. The van der Waals surface area contributed by atoms with E-state index >= 15 is 0 Å². The number of ether oxygens (including phenoxy) is 3. The van der Waals surface area contributed by atoms with Crippen molar-refractivity contribution in [3.8, 4) is 11.5 Å². The molecule has 0 saturated heterocycles. The predicted molar refractivity (Wildman–Crippen MR) is 87.7 cm³/mol. The number of carbonyl (C=O) groups excluding carboxylic acids is 2. The molecule has 2 aromatic rings. The number of methoxy groups -OCH3 is 2. The van der Waals surface area contributed by atoms with E-state index in [1.165, 1.54) is 32.5 Å². The SMILES string of the molecule is COc1cc(NC(=O)COC(=O)c2ccc(Cl)nc2)cc(OC)c1. The largest absolute Gasteiger partial charge is 0.497 e. The number of hydrogen-bond acceptors (Lipinski definition) is 6. The summed E-state index contributed by atoms with van der Waals surface area (Å²) in [5, 5.41) is 2.85. The normalized spacial score (nSPS) is 9.96. The first kappa shape index (κ1) is 17.6. The van der Waals surface area contributed by atoms with Crippen LogP contribution >= 0.6 is 11.6 Å². The van der Waals surface area contributed by atoms with Crippen molar-refractivity contribution in [2.45, 2.75) is 0 Å². The molecule has 0 atom stereocenters. The third-order valence-corrected chi connectivity index (χ3v) is 3.16. The summed E-state index contributed by atoms with van der Waals surface area (Å²) in [6, 6.07) is 7.82. The van der Waals surface area contributed by atoms with Gasteiger partial charge in [0.1, 0.15) is 16.7 Å². The highest BCUT2D eigenvalue weighted by Crippen LogP contribution is 2.25. The Hall–Kier alpha value is -2.80. The number of amides is 1. The van der Waals surface area contributed by atoms with E-state index in [-0.39, 0.29) is 10.7 Å². The first-order valence-corrected chi connectivity index (χ1v) is 7.21. The van der Waals surface area contributed by atoms with Gasteiger partial charge in [0.25, 0.3) is 5.91 Å². The quantitative estimate of drug-likeness (QED) is 0.636. The summed E-state index contributed by atoms with van der Waals surface area (Å²) in [6.45, 7) is -0.443. The number of anilines is 1. The van der Waals surface area contributed by atoms with Gasteiger partial charge in [0.05, 0.1) is 19.8 Å². The Labute approximate surface area is 143 Å². The van der Waals surface area contributed by atoms with Crippen LogP contribution in [0.3, 0.4) is 0 Å². The molecule has 0 saturated carbocycles. The number of nitrogens with one attached hydrogen (secondary N) is 1. The standard InChI is InChI=1S/C16H15ClN2O5/c1-22-12-5-11(6-13(7-12)23-2)19-15(20)9-24-16(21)10-3-4-14(17)18-8-10/h3-8H,9H2,1-2H3,(H,19,20). The molecule has 1 N–H and O–H groups in total. The molecule has 0 spiro atoms. The topological polar surface area (TPSA) is 86.8 Å². The summed E-state index contributed by atoms with van der Waals surface area (Å²) >= 11 is 5.64. The van der Waals surface area contributed by atoms with E-state index in [1.54, 1.807) is 18.2 Å². The molecule has 0 fully saturated rings. The Bertz CT molecular complexity index is 711. The molecule has 1 aromatic heterocycles. The lowest BCUT2D eigenvalue weighted by Crippen LogP contribution is -2.21. The minimum Gasteiger partial charge on any atom is -0.497 e. The van der Waals surface area contributed by atoms with E-state index in [0.29, 0.717) is 17.2 Å². The number of rotatable bonds is 6. The van der Waals surface area contributed by atoms with Gasteiger partial charge in [-0.2, -0.15) is 0 Å². The third kappa shape index (κ3) is 4.85. The zero-order valence-electron chi connectivity index (χ0n) is 13.0. The Morgan fingerprint density at radius 1 is 1.12 bits per heavy atom. The van der Waals surface area contributed by atoms with Crippen molar-refractivity contribution in [1.29, 1.82) is 0 Å². The number of hydrogen-bond donors (Lipinski definition) is 1. The minimum absolute atomic E-state index is 0.204. The van der Waals surface area contributed by atoms with Gasteiger partial charge in [0.15, 0.2) is 6.61 Å². The molecule has 8 heteroatoms. The zero-order valence-corrected chi connectivity index (χ0v) is 13.8. The van der Waals surface area contributed by atoms with Crippen molar-refractivity contribution in [1.82, 2.24) is 4.98 Å². The lowest BCUT2D eigenvalue weighted by Gasteiger charge is -2.10. The van der Waals surface area contributed by atoms with Crippen molar-refractivity contribution in [2.24, 2.45) is 0 Å². The van der Waals surface area contributed by atoms with Crippen molar-refractivity contribution < 1.29 is 23.8 Å². The number of benzene rings is 1. The summed E-state index contributed by atoms with van der Waals surface area (Å²) in [7, 11) is 3.00. The minimum atomic E-state index is -0.669.